The fraction of sp³-hybridized carbons (Fsp3) is 0.333. The molecule has 0 aromatic heterocycles. The van der Waals surface area contributed by atoms with E-state index in [1.165, 1.54) is 4.90 Å². The first-order valence-corrected chi connectivity index (χ1v) is 5.34. The highest BCUT2D eigenvalue weighted by Gasteiger charge is 2.01. The second-order valence-corrected chi connectivity index (χ2v) is 3.46. The summed E-state index contributed by atoms with van der Waals surface area (Å²) in [6.07, 6.45) is 2.04. The monoisotopic (exact) mass is 202 g/mol. The highest BCUT2D eigenvalue weighted by molar-refractivity contribution is 7.98. The Hall–Kier alpha value is -0.340. The molecule has 0 aliphatic carbocycles. The van der Waals surface area contributed by atoms with Crippen molar-refractivity contribution in [2.24, 2.45) is 0 Å². The zero-order chi connectivity index (χ0) is 8.97. The fourth-order valence-electron chi connectivity index (χ4n) is 0.962. The first kappa shape index (κ1) is 9.75. The normalized spacial score (nSPS) is 9.92. The zero-order valence-corrected chi connectivity index (χ0v) is 8.71. The van der Waals surface area contributed by atoms with Gasteiger partial charge < -0.3 is 4.74 Å². The summed E-state index contributed by atoms with van der Waals surface area (Å²) in [5.74, 6) is 1.37. The summed E-state index contributed by atoms with van der Waals surface area (Å²) in [6.45, 7) is 0. The first-order chi connectivity index (χ1) is 5.81. The number of ether oxygens (including phenoxy) is 1. The Balaban J connectivity index is 3.02. The van der Waals surface area contributed by atoms with Gasteiger partial charge in [-0.1, -0.05) is 6.07 Å². The van der Waals surface area contributed by atoms with Gasteiger partial charge in [0.2, 0.25) is 0 Å². The van der Waals surface area contributed by atoms with E-state index in [4.69, 9.17) is 16.3 Å². The van der Waals surface area contributed by atoms with Crippen LogP contribution in [0, 0.1) is 0 Å². The van der Waals surface area contributed by atoms with Crippen LogP contribution in [0.15, 0.2) is 23.1 Å². The molecule has 0 radical (unpaired) electrons. The smallest absolute Gasteiger partial charge is 0.124 e. The summed E-state index contributed by atoms with van der Waals surface area (Å²) in [5.41, 5.74) is 1.04. The molecule has 3 heteroatoms. The van der Waals surface area contributed by atoms with Crippen LogP contribution in [0.5, 0.6) is 5.75 Å². The van der Waals surface area contributed by atoms with E-state index in [0.717, 1.165) is 11.3 Å². The lowest BCUT2D eigenvalue weighted by atomic mass is 10.2. The van der Waals surface area contributed by atoms with Gasteiger partial charge in [0.25, 0.3) is 0 Å². The topological polar surface area (TPSA) is 9.23 Å². The summed E-state index contributed by atoms with van der Waals surface area (Å²) in [6, 6.07) is 6.05. The van der Waals surface area contributed by atoms with Gasteiger partial charge in [0.15, 0.2) is 0 Å². The van der Waals surface area contributed by atoms with E-state index in [2.05, 4.69) is 0 Å². The van der Waals surface area contributed by atoms with Gasteiger partial charge in [0.1, 0.15) is 5.75 Å². The van der Waals surface area contributed by atoms with Crippen LogP contribution in [0.4, 0.5) is 0 Å². The molecule has 1 rings (SSSR count). The van der Waals surface area contributed by atoms with Crippen molar-refractivity contribution in [3.63, 3.8) is 0 Å². The van der Waals surface area contributed by atoms with Crippen molar-refractivity contribution >= 4 is 23.4 Å². The molecule has 0 saturated carbocycles. The van der Waals surface area contributed by atoms with Crippen LogP contribution in [0.3, 0.4) is 0 Å². The average molecular weight is 203 g/mol. The molecule has 0 saturated heterocycles. The van der Waals surface area contributed by atoms with Crippen LogP contribution in [0.1, 0.15) is 5.56 Å². The molecule has 0 N–H and O–H groups in total. The van der Waals surface area contributed by atoms with Crippen LogP contribution in [-0.4, -0.2) is 13.4 Å². The van der Waals surface area contributed by atoms with E-state index >= 15 is 0 Å². The number of hydrogen-bond acceptors (Lipinski definition) is 2. The van der Waals surface area contributed by atoms with Crippen LogP contribution in [0.25, 0.3) is 0 Å². The van der Waals surface area contributed by atoms with E-state index in [-0.39, 0.29) is 0 Å². The Morgan fingerprint density at radius 3 is 2.75 bits per heavy atom. The summed E-state index contributed by atoms with van der Waals surface area (Å²) in [4.78, 5) is 1.20. The number of benzene rings is 1. The molecule has 0 heterocycles. The van der Waals surface area contributed by atoms with Crippen molar-refractivity contribution in [1.29, 1.82) is 0 Å². The maximum absolute atomic E-state index is 5.72. The number of rotatable bonds is 3. The van der Waals surface area contributed by atoms with Crippen LogP contribution in [-0.2, 0) is 5.88 Å². The number of methoxy groups -OCH3 is 1. The van der Waals surface area contributed by atoms with E-state index in [1.807, 2.05) is 24.5 Å². The molecule has 0 fully saturated rings. The number of thioether (sulfide) groups is 1. The molecule has 1 nitrogen and oxygen atoms in total. The molecule has 0 aliphatic heterocycles. The molecular formula is C9H11ClOS. The summed E-state index contributed by atoms with van der Waals surface area (Å²) < 4.78 is 5.18. The minimum atomic E-state index is 0.498. The molecule has 0 aliphatic rings. The van der Waals surface area contributed by atoms with Gasteiger partial charge >= 0.3 is 0 Å². The Morgan fingerprint density at radius 1 is 1.50 bits per heavy atom. The van der Waals surface area contributed by atoms with Gasteiger partial charge in [-0.2, -0.15) is 0 Å². The van der Waals surface area contributed by atoms with Gasteiger partial charge in [0.05, 0.1) is 13.0 Å². The highest BCUT2D eigenvalue weighted by atomic mass is 35.5. The molecule has 0 spiro atoms. The van der Waals surface area contributed by atoms with E-state index in [1.54, 1.807) is 18.9 Å². The summed E-state index contributed by atoms with van der Waals surface area (Å²) in [7, 11) is 1.66. The molecular weight excluding hydrogens is 192 g/mol. The predicted molar refractivity (Wildman–Crippen MR) is 54.3 cm³/mol. The zero-order valence-electron chi connectivity index (χ0n) is 7.13. The van der Waals surface area contributed by atoms with Gasteiger partial charge in [0, 0.05) is 10.5 Å². The SMILES string of the molecule is COc1cc(SC)ccc1CCl. The Morgan fingerprint density at radius 2 is 2.25 bits per heavy atom. The Labute approximate surface area is 82.1 Å². The number of alkyl halides is 1. The quantitative estimate of drug-likeness (QED) is 0.550. The molecule has 66 valence electrons. The third kappa shape index (κ3) is 2.08. The molecule has 0 unspecified atom stereocenters. The van der Waals surface area contributed by atoms with Gasteiger partial charge in [-0.25, -0.2) is 0 Å². The predicted octanol–water partition coefficient (Wildman–Crippen LogP) is 3.16. The third-order valence-corrected chi connectivity index (χ3v) is 2.65. The molecule has 1 aromatic rings. The number of hydrogen-bond donors (Lipinski definition) is 0. The van der Waals surface area contributed by atoms with Crippen molar-refractivity contribution in [2.75, 3.05) is 13.4 Å². The standard InChI is InChI=1S/C9H11ClOS/c1-11-9-5-8(12-2)4-3-7(9)6-10/h3-5H,6H2,1-2H3. The largest absolute Gasteiger partial charge is 0.496 e. The fourth-order valence-corrected chi connectivity index (χ4v) is 1.61. The van der Waals surface area contributed by atoms with Gasteiger partial charge in [-0.3, -0.25) is 0 Å². The van der Waals surface area contributed by atoms with Crippen molar-refractivity contribution in [2.45, 2.75) is 10.8 Å². The van der Waals surface area contributed by atoms with Crippen molar-refractivity contribution in [1.82, 2.24) is 0 Å². The molecule has 0 amide bonds. The minimum Gasteiger partial charge on any atom is -0.496 e. The second-order valence-electron chi connectivity index (χ2n) is 2.31. The number of halogens is 1. The molecule has 1 aromatic carbocycles. The van der Waals surface area contributed by atoms with E-state index < -0.39 is 0 Å². The van der Waals surface area contributed by atoms with Crippen molar-refractivity contribution < 1.29 is 4.74 Å². The highest BCUT2D eigenvalue weighted by Crippen LogP contribution is 2.26. The average Bonchev–Trinajstić information content (AvgIpc) is 2.16. The molecule has 0 atom stereocenters. The molecule has 0 bridgehead atoms. The first-order valence-electron chi connectivity index (χ1n) is 3.58. The molecule has 12 heavy (non-hydrogen) atoms. The Bertz CT molecular complexity index is 263. The lowest BCUT2D eigenvalue weighted by molar-refractivity contribution is 0.410. The summed E-state index contributed by atoms with van der Waals surface area (Å²) in [5, 5.41) is 0. The maximum atomic E-state index is 5.72. The third-order valence-electron chi connectivity index (χ3n) is 1.64. The van der Waals surface area contributed by atoms with E-state index in [9.17, 15) is 0 Å². The van der Waals surface area contributed by atoms with E-state index in [0.29, 0.717) is 5.88 Å². The van der Waals surface area contributed by atoms with Crippen LogP contribution >= 0.6 is 23.4 Å². The Kier molecular flexibility index (Phi) is 3.76. The lowest BCUT2D eigenvalue weighted by Crippen LogP contribution is -1.89. The van der Waals surface area contributed by atoms with Crippen LogP contribution in [0.2, 0.25) is 0 Å². The van der Waals surface area contributed by atoms with Crippen molar-refractivity contribution in [3.8, 4) is 5.75 Å². The van der Waals surface area contributed by atoms with Gasteiger partial charge in [-0.15, -0.1) is 23.4 Å². The second kappa shape index (κ2) is 4.63. The van der Waals surface area contributed by atoms with Crippen LogP contribution < -0.4 is 4.74 Å². The van der Waals surface area contributed by atoms with Gasteiger partial charge in [-0.05, 0) is 18.4 Å². The minimum absolute atomic E-state index is 0.498. The maximum Gasteiger partial charge on any atom is 0.124 e. The van der Waals surface area contributed by atoms with Crippen molar-refractivity contribution in [3.05, 3.63) is 23.8 Å². The summed E-state index contributed by atoms with van der Waals surface area (Å²) >= 11 is 7.41. The lowest BCUT2D eigenvalue weighted by Gasteiger charge is -2.06.